The van der Waals surface area contributed by atoms with Gasteiger partial charge in [-0.05, 0) is 45.4 Å². The third kappa shape index (κ3) is 15.1. The van der Waals surface area contributed by atoms with Crippen molar-refractivity contribution in [3.63, 3.8) is 0 Å². The first-order valence-corrected chi connectivity index (χ1v) is 16.4. The quantitative estimate of drug-likeness (QED) is 0.0901. The molecule has 8 heteroatoms. The molecule has 0 aliphatic heterocycles. The molecule has 0 bridgehead atoms. The van der Waals surface area contributed by atoms with Crippen LogP contribution < -0.4 is 0 Å². The van der Waals surface area contributed by atoms with Gasteiger partial charge in [0.15, 0.2) is 0 Å². The first-order chi connectivity index (χ1) is 19.4. The zero-order valence-corrected chi connectivity index (χ0v) is 27.7. The molecular weight excluding hydrogens is 522 g/mol. The average Bonchev–Trinajstić information content (AvgIpc) is 2.93. The van der Waals surface area contributed by atoms with E-state index in [0.717, 1.165) is 44.9 Å². The summed E-state index contributed by atoms with van der Waals surface area (Å²) in [5.74, 6) is -3.82. The number of unbranched alkanes of at least 4 members (excludes halogenated alkanes) is 3. The van der Waals surface area contributed by atoms with Crippen molar-refractivity contribution in [2.45, 2.75) is 158 Å². The third-order valence-electron chi connectivity index (χ3n) is 7.76. The summed E-state index contributed by atoms with van der Waals surface area (Å²) in [7, 11) is 0. The van der Waals surface area contributed by atoms with Crippen molar-refractivity contribution >= 4 is 23.8 Å². The first kappa shape index (κ1) is 38.9. The topological polar surface area (TPSA) is 99.2 Å². The Kier molecular flexibility index (Phi) is 20.4. The molecule has 4 atom stereocenters. The van der Waals surface area contributed by atoms with Gasteiger partial charge < -0.3 is 19.1 Å². The van der Waals surface area contributed by atoms with Gasteiger partial charge in [-0.15, -0.1) is 0 Å². The van der Waals surface area contributed by atoms with Crippen LogP contribution >= 0.6 is 0 Å². The highest BCUT2D eigenvalue weighted by molar-refractivity contribution is 5.77. The zero-order chi connectivity index (χ0) is 31.4. The molecule has 0 aromatic carbocycles. The molecule has 41 heavy (non-hydrogen) atoms. The lowest BCUT2D eigenvalue weighted by molar-refractivity contribution is -0.234. The fourth-order valence-electron chi connectivity index (χ4n) is 4.96. The molecule has 0 saturated carbocycles. The van der Waals surface area contributed by atoms with Crippen LogP contribution in [0.15, 0.2) is 0 Å². The smallest absolute Gasteiger partial charge is 0.312 e. The number of nitrogens with zero attached hydrogens (tertiary/aromatic N) is 1. The van der Waals surface area contributed by atoms with Gasteiger partial charge in [0, 0.05) is 13.3 Å². The maximum absolute atomic E-state index is 13.3. The molecule has 0 unspecified atom stereocenters. The van der Waals surface area contributed by atoms with Crippen LogP contribution in [0, 0.1) is 17.8 Å². The summed E-state index contributed by atoms with van der Waals surface area (Å²) in [6.07, 6.45) is 9.32. The van der Waals surface area contributed by atoms with Crippen LogP contribution in [0.1, 0.15) is 146 Å². The Bertz CT molecular complexity index is 739. The van der Waals surface area contributed by atoms with Crippen molar-refractivity contribution in [3.8, 4) is 0 Å². The molecule has 0 spiro atoms. The van der Waals surface area contributed by atoms with E-state index >= 15 is 0 Å². The number of hydrogen-bond donors (Lipinski definition) is 0. The van der Waals surface area contributed by atoms with E-state index in [-0.39, 0.29) is 49.1 Å². The van der Waals surface area contributed by atoms with Crippen molar-refractivity contribution in [2.75, 3.05) is 13.1 Å². The van der Waals surface area contributed by atoms with E-state index in [1.54, 1.807) is 20.8 Å². The minimum atomic E-state index is -1.67. The SMILES string of the molecule is CCCC[C@H](CC)C(=O)O[C@@H](C)CN(CC(C)(OC(=O)[C@H](CC)CCCC)OC(=O)[C@H](CC)CCCC)C(=O)CC. The zero-order valence-electron chi connectivity index (χ0n) is 27.7. The van der Waals surface area contributed by atoms with E-state index < -0.39 is 23.8 Å². The Morgan fingerprint density at radius 2 is 1.05 bits per heavy atom. The van der Waals surface area contributed by atoms with Crippen LogP contribution in [-0.2, 0) is 33.4 Å². The molecule has 8 nitrogen and oxygen atoms in total. The summed E-state index contributed by atoms with van der Waals surface area (Å²) in [6, 6.07) is 0. The van der Waals surface area contributed by atoms with E-state index in [0.29, 0.717) is 32.1 Å². The summed E-state index contributed by atoms with van der Waals surface area (Å²) >= 11 is 0. The predicted molar refractivity (Wildman–Crippen MR) is 163 cm³/mol. The molecule has 0 radical (unpaired) electrons. The molecule has 0 aliphatic rings. The lowest BCUT2D eigenvalue weighted by Gasteiger charge is -2.37. The van der Waals surface area contributed by atoms with Gasteiger partial charge in [-0.3, -0.25) is 19.2 Å². The van der Waals surface area contributed by atoms with Crippen LogP contribution in [0.5, 0.6) is 0 Å². The highest BCUT2D eigenvalue weighted by Gasteiger charge is 2.40. The maximum atomic E-state index is 13.3. The molecule has 0 aliphatic carbocycles. The average molecular weight is 584 g/mol. The van der Waals surface area contributed by atoms with Gasteiger partial charge in [0.2, 0.25) is 5.91 Å². The van der Waals surface area contributed by atoms with Crippen molar-refractivity contribution in [2.24, 2.45) is 17.8 Å². The number of carbonyl (C=O) groups excluding carboxylic acids is 4. The molecule has 240 valence electrons. The number of esters is 3. The van der Waals surface area contributed by atoms with Crippen molar-refractivity contribution < 1.29 is 33.4 Å². The van der Waals surface area contributed by atoms with Gasteiger partial charge in [-0.25, -0.2) is 0 Å². The molecular formula is C33H61NO7. The molecule has 1 amide bonds. The second-order valence-electron chi connectivity index (χ2n) is 11.6. The van der Waals surface area contributed by atoms with Crippen LogP contribution in [0.4, 0.5) is 0 Å². The van der Waals surface area contributed by atoms with E-state index in [1.165, 1.54) is 4.90 Å². The molecule has 0 N–H and O–H groups in total. The molecule has 0 aromatic heterocycles. The Morgan fingerprint density at radius 3 is 1.39 bits per heavy atom. The minimum absolute atomic E-state index is 0.105. The number of ether oxygens (including phenoxy) is 3. The Hall–Kier alpha value is -2.12. The molecule has 0 aromatic rings. The second-order valence-corrected chi connectivity index (χ2v) is 11.6. The lowest BCUT2D eigenvalue weighted by atomic mass is 9.99. The van der Waals surface area contributed by atoms with Crippen LogP contribution in [0.3, 0.4) is 0 Å². The van der Waals surface area contributed by atoms with Crippen LogP contribution in [0.25, 0.3) is 0 Å². The lowest BCUT2D eigenvalue weighted by Crippen LogP contribution is -2.52. The van der Waals surface area contributed by atoms with Gasteiger partial charge in [-0.2, -0.15) is 0 Å². The van der Waals surface area contributed by atoms with Gasteiger partial charge in [0.05, 0.1) is 30.8 Å². The fourth-order valence-corrected chi connectivity index (χ4v) is 4.96. The molecule has 0 rings (SSSR count). The van der Waals surface area contributed by atoms with Gasteiger partial charge in [0.25, 0.3) is 5.79 Å². The van der Waals surface area contributed by atoms with Crippen LogP contribution in [0.2, 0.25) is 0 Å². The second kappa shape index (κ2) is 21.6. The Balaban J connectivity index is 6.00. The number of hydrogen-bond acceptors (Lipinski definition) is 7. The highest BCUT2D eigenvalue weighted by Crippen LogP contribution is 2.26. The summed E-state index contributed by atoms with van der Waals surface area (Å²) in [5.41, 5.74) is 0. The number of carbonyl (C=O) groups is 4. The Morgan fingerprint density at radius 1 is 0.659 bits per heavy atom. The maximum Gasteiger partial charge on any atom is 0.312 e. The molecule has 0 heterocycles. The normalized spacial score (nSPS) is 14.5. The molecule has 0 fully saturated rings. The summed E-state index contributed by atoms with van der Waals surface area (Å²) in [4.78, 5) is 54.0. The number of rotatable bonds is 23. The van der Waals surface area contributed by atoms with Crippen LogP contribution in [-0.4, -0.2) is 53.7 Å². The summed E-state index contributed by atoms with van der Waals surface area (Å²) in [5, 5.41) is 0. The third-order valence-corrected chi connectivity index (χ3v) is 7.76. The molecule has 0 saturated heterocycles. The van der Waals surface area contributed by atoms with Crippen molar-refractivity contribution in [1.82, 2.24) is 4.90 Å². The predicted octanol–water partition coefficient (Wildman–Crippen LogP) is 7.61. The van der Waals surface area contributed by atoms with Gasteiger partial charge in [-0.1, -0.05) is 87.0 Å². The first-order valence-electron chi connectivity index (χ1n) is 16.4. The van der Waals surface area contributed by atoms with E-state index in [9.17, 15) is 19.2 Å². The standard InChI is InChI=1S/C33H61NO7/c1-10-17-20-26(13-4)30(36)39-25(8)23-34(29(35)16-7)24-33(9,40-31(37)27(14-5)21-18-11-2)41-32(38)28(15-6)22-19-12-3/h25-28H,10-24H2,1-9H3/t25-,26-,27+,28+/m0/s1. The van der Waals surface area contributed by atoms with E-state index in [4.69, 9.17) is 14.2 Å². The fraction of sp³-hybridized carbons (Fsp3) is 0.879. The van der Waals surface area contributed by atoms with Gasteiger partial charge >= 0.3 is 17.9 Å². The van der Waals surface area contributed by atoms with Crippen molar-refractivity contribution in [1.29, 1.82) is 0 Å². The minimum Gasteiger partial charge on any atom is -0.461 e. The van der Waals surface area contributed by atoms with Gasteiger partial charge in [0.1, 0.15) is 6.10 Å². The highest BCUT2D eigenvalue weighted by atomic mass is 16.7. The largest absolute Gasteiger partial charge is 0.461 e. The monoisotopic (exact) mass is 583 g/mol. The number of amides is 1. The summed E-state index contributed by atoms with van der Waals surface area (Å²) < 4.78 is 17.7. The van der Waals surface area contributed by atoms with E-state index in [2.05, 4.69) is 20.8 Å². The Labute approximate surface area is 250 Å². The van der Waals surface area contributed by atoms with E-state index in [1.807, 2.05) is 20.8 Å². The van der Waals surface area contributed by atoms with Crippen molar-refractivity contribution in [3.05, 3.63) is 0 Å². The summed E-state index contributed by atoms with van der Waals surface area (Å²) in [6.45, 7) is 17.1.